The minimum Gasteiger partial charge on any atom is -0.391 e. The lowest BCUT2D eigenvalue weighted by atomic mass is 9.99. The van der Waals surface area contributed by atoms with Gasteiger partial charge in [-0.3, -0.25) is 4.79 Å². The number of carbonyl (C=O) groups is 1. The Bertz CT molecular complexity index is 855. The van der Waals surface area contributed by atoms with Crippen molar-refractivity contribution < 1.29 is 23.1 Å². The van der Waals surface area contributed by atoms with Gasteiger partial charge in [0.15, 0.2) is 0 Å². The number of halogens is 3. The summed E-state index contributed by atoms with van der Waals surface area (Å²) in [4.78, 5) is 18.1. The molecule has 1 saturated heterocycles. The number of fused-ring (bicyclic) bond motifs is 1. The van der Waals surface area contributed by atoms with Crippen molar-refractivity contribution in [1.82, 2.24) is 19.8 Å². The monoisotopic (exact) mass is 452 g/mol. The van der Waals surface area contributed by atoms with E-state index in [0.29, 0.717) is 18.8 Å². The lowest BCUT2D eigenvalue weighted by Gasteiger charge is -2.29. The Morgan fingerprint density at radius 3 is 2.56 bits per heavy atom. The summed E-state index contributed by atoms with van der Waals surface area (Å²) < 4.78 is 39.8. The molecule has 0 bridgehead atoms. The smallest absolute Gasteiger partial charge is 0.391 e. The predicted octanol–water partition coefficient (Wildman–Crippen LogP) is 3.25. The minimum absolute atomic E-state index is 0.0105. The van der Waals surface area contributed by atoms with Gasteiger partial charge >= 0.3 is 6.18 Å². The molecule has 0 radical (unpaired) electrons. The zero-order valence-corrected chi connectivity index (χ0v) is 18.2. The lowest BCUT2D eigenvalue weighted by Crippen LogP contribution is -2.42. The van der Waals surface area contributed by atoms with E-state index < -0.39 is 18.2 Å². The van der Waals surface area contributed by atoms with Gasteiger partial charge in [-0.1, -0.05) is 25.3 Å². The van der Waals surface area contributed by atoms with E-state index in [4.69, 9.17) is 0 Å². The molecule has 9 heteroatoms. The number of alkyl halides is 3. The summed E-state index contributed by atoms with van der Waals surface area (Å²) in [5, 5.41) is 12.9. The third-order valence-corrected chi connectivity index (χ3v) is 6.15. The first-order valence-corrected chi connectivity index (χ1v) is 11.0. The fourth-order valence-corrected chi connectivity index (χ4v) is 4.27. The van der Waals surface area contributed by atoms with Crippen LogP contribution in [0.15, 0.2) is 42.7 Å². The lowest BCUT2D eigenvalue weighted by molar-refractivity contribution is -0.182. The van der Waals surface area contributed by atoms with Gasteiger partial charge in [0.1, 0.15) is 11.5 Å². The number of β-amino-alcohol motifs (C(OH)–C–C–N with tert-alkyl or cyclic N) is 1. The van der Waals surface area contributed by atoms with Crippen LogP contribution in [0.5, 0.6) is 0 Å². The number of rotatable bonds is 3. The van der Waals surface area contributed by atoms with Gasteiger partial charge in [0.05, 0.1) is 12.0 Å². The number of likely N-dealkylation sites (tertiary alicyclic amines) is 1. The number of aliphatic hydroxyl groups is 1. The van der Waals surface area contributed by atoms with Gasteiger partial charge in [0, 0.05) is 38.8 Å². The summed E-state index contributed by atoms with van der Waals surface area (Å²) in [5.41, 5.74) is 2.81. The van der Waals surface area contributed by atoms with Gasteiger partial charge in [-0.25, -0.2) is 4.98 Å². The highest BCUT2D eigenvalue weighted by atomic mass is 19.4. The number of carbonyl (C=O) groups excluding carboxylic acids is 1. The molecule has 4 rings (SSSR count). The fraction of sp³-hybridized carbons (Fsp3) is 0.565. The Hall–Kier alpha value is -2.39. The molecule has 176 valence electrons. The molecule has 1 fully saturated rings. The standard InChI is InChI=1S/C14H18F3N3O2.C9H13N/c15-14(16,17)9-3-4-12-18-11(8-20(12)6-9)13(22)19-5-1-2-10(21)7-19;1-3-8-5-6-10-7-9(8)4-2/h8-10,21H,1-7H2;3-4,10H,1-2,5-7H2. The zero-order chi connectivity index (χ0) is 23.3. The highest BCUT2D eigenvalue weighted by Gasteiger charge is 2.42. The number of nitrogens with zero attached hydrogens (tertiary/aromatic N) is 3. The summed E-state index contributed by atoms with van der Waals surface area (Å²) >= 11 is 0. The number of piperidine rings is 1. The van der Waals surface area contributed by atoms with Crippen molar-refractivity contribution in [3.8, 4) is 0 Å². The van der Waals surface area contributed by atoms with E-state index in [1.165, 1.54) is 26.8 Å². The van der Waals surface area contributed by atoms with Crippen molar-refractivity contribution in [2.75, 3.05) is 26.2 Å². The number of nitrogens with one attached hydrogen (secondary N) is 1. The average molecular weight is 453 g/mol. The molecule has 1 aromatic rings. The van der Waals surface area contributed by atoms with Crippen LogP contribution in [0.3, 0.4) is 0 Å². The molecule has 1 amide bonds. The second kappa shape index (κ2) is 10.5. The molecule has 2 unspecified atom stereocenters. The first-order valence-electron chi connectivity index (χ1n) is 11.0. The maximum absolute atomic E-state index is 12.8. The van der Waals surface area contributed by atoms with E-state index in [2.05, 4.69) is 23.5 Å². The maximum Gasteiger partial charge on any atom is 0.393 e. The van der Waals surface area contributed by atoms with Gasteiger partial charge in [-0.05, 0) is 43.4 Å². The van der Waals surface area contributed by atoms with Crippen LogP contribution in [0.4, 0.5) is 13.2 Å². The van der Waals surface area contributed by atoms with Gasteiger partial charge in [0.2, 0.25) is 0 Å². The Morgan fingerprint density at radius 1 is 1.19 bits per heavy atom. The molecular formula is C23H31F3N4O2. The van der Waals surface area contributed by atoms with Crippen LogP contribution < -0.4 is 5.32 Å². The topological polar surface area (TPSA) is 70.4 Å². The Morgan fingerprint density at radius 2 is 1.94 bits per heavy atom. The van der Waals surface area contributed by atoms with Crippen LogP contribution in [-0.2, 0) is 13.0 Å². The quantitative estimate of drug-likeness (QED) is 0.739. The summed E-state index contributed by atoms with van der Waals surface area (Å²) in [6.07, 6.45) is 3.19. The van der Waals surface area contributed by atoms with Crippen LogP contribution in [0.2, 0.25) is 0 Å². The molecule has 4 heterocycles. The van der Waals surface area contributed by atoms with Crippen LogP contribution in [0, 0.1) is 5.92 Å². The molecular weight excluding hydrogens is 421 g/mol. The molecule has 32 heavy (non-hydrogen) atoms. The molecule has 6 nitrogen and oxygen atoms in total. The number of hydrogen-bond acceptors (Lipinski definition) is 4. The summed E-state index contributed by atoms with van der Waals surface area (Å²) in [6, 6.07) is 0. The number of hydrogen-bond donors (Lipinski definition) is 2. The van der Waals surface area contributed by atoms with Crippen molar-refractivity contribution in [3.05, 3.63) is 54.2 Å². The number of aryl methyl sites for hydroxylation is 1. The van der Waals surface area contributed by atoms with Crippen LogP contribution in [0.25, 0.3) is 0 Å². The Labute approximate surface area is 186 Å². The maximum atomic E-state index is 12.8. The number of imidazole rings is 1. The first kappa shape index (κ1) is 24.3. The molecule has 0 aromatic carbocycles. The van der Waals surface area contributed by atoms with Crippen molar-refractivity contribution in [3.63, 3.8) is 0 Å². The van der Waals surface area contributed by atoms with Gasteiger partial charge in [-0.15, -0.1) is 0 Å². The van der Waals surface area contributed by atoms with Gasteiger partial charge in [0.25, 0.3) is 5.91 Å². The van der Waals surface area contributed by atoms with Crippen LogP contribution >= 0.6 is 0 Å². The third-order valence-electron chi connectivity index (χ3n) is 6.15. The molecule has 3 aliphatic heterocycles. The molecule has 3 aliphatic rings. The Balaban J connectivity index is 0.000000243. The predicted molar refractivity (Wildman–Crippen MR) is 116 cm³/mol. The molecule has 2 N–H and O–H groups in total. The van der Waals surface area contributed by atoms with Crippen molar-refractivity contribution in [2.45, 2.75) is 50.9 Å². The van der Waals surface area contributed by atoms with E-state index >= 15 is 0 Å². The van der Waals surface area contributed by atoms with E-state index in [-0.39, 0.29) is 37.5 Å². The largest absolute Gasteiger partial charge is 0.393 e. The second-order valence-electron chi connectivity index (χ2n) is 8.40. The fourth-order valence-electron chi connectivity index (χ4n) is 4.27. The second-order valence-corrected chi connectivity index (χ2v) is 8.40. The SMILES string of the molecule is C=CC1=C(C=C)CNCC1.O=C(c1cn2c(n1)CCC(C(F)(F)F)C2)N1CCCC(O)C1. The summed E-state index contributed by atoms with van der Waals surface area (Å²) in [7, 11) is 0. The van der Waals surface area contributed by atoms with Crippen molar-refractivity contribution in [2.24, 2.45) is 5.92 Å². The van der Waals surface area contributed by atoms with Gasteiger partial charge < -0.3 is 19.9 Å². The normalized spacial score (nSPS) is 23.7. The molecule has 0 aliphatic carbocycles. The average Bonchev–Trinajstić information content (AvgIpc) is 3.22. The number of amides is 1. The molecule has 0 saturated carbocycles. The van der Waals surface area contributed by atoms with Crippen molar-refractivity contribution in [1.29, 1.82) is 0 Å². The van der Waals surface area contributed by atoms with E-state index in [1.54, 1.807) is 0 Å². The third kappa shape index (κ3) is 5.89. The summed E-state index contributed by atoms with van der Waals surface area (Å²) in [5.74, 6) is -1.17. The number of allylic oxidation sites excluding steroid dienone is 1. The van der Waals surface area contributed by atoms with Gasteiger partial charge in [-0.2, -0.15) is 13.2 Å². The van der Waals surface area contributed by atoms with Crippen molar-refractivity contribution >= 4 is 5.91 Å². The molecule has 0 spiro atoms. The van der Waals surface area contributed by atoms with Crippen LogP contribution in [0.1, 0.15) is 42.0 Å². The number of aliphatic hydroxyl groups excluding tert-OH is 1. The van der Waals surface area contributed by atoms with E-state index in [1.807, 2.05) is 12.2 Å². The summed E-state index contributed by atoms with van der Waals surface area (Å²) in [6.45, 7) is 10.1. The van der Waals surface area contributed by atoms with E-state index in [9.17, 15) is 23.1 Å². The highest BCUT2D eigenvalue weighted by Crippen LogP contribution is 2.34. The minimum atomic E-state index is -4.22. The molecule has 1 aromatic heterocycles. The number of aromatic nitrogens is 2. The first-order chi connectivity index (χ1) is 15.2. The Kier molecular flexibility index (Phi) is 7.95. The molecule has 2 atom stereocenters. The highest BCUT2D eigenvalue weighted by molar-refractivity contribution is 5.92. The zero-order valence-electron chi connectivity index (χ0n) is 18.2. The van der Waals surface area contributed by atoms with E-state index in [0.717, 1.165) is 25.9 Å². The van der Waals surface area contributed by atoms with Crippen LogP contribution in [-0.4, -0.2) is 63.9 Å².